The van der Waals surface area contributed by atoms with Gasteiger partial charge >= 0.3 is 0 Å². The molecule has 1 aliphatic rings. The standard InChI is InChI=1S/C14H22N2O2S/c1-2-11-19(17,18)15-14-7-5-13(6-8-14)12-16-9-3-4-10-16/h5-8,15H,2-4,9-12H2,1H3. The molecule has 2 rings (SSSR count). The molecule has 0 amide bonds. The van der Waals surface area contributed by atoms with E-state index in [-0.39, 0.29) is 5.75 Å². The number of nitrogens with zero attached hydrogens (tertiary/aromatic N) is 1. The van der Waals surface area contributed by atoms with Gasteiger partial charge in [-0.3, -0.25) is 9.62 Å². The zero-order valence-corrected chi connectivity index (χ0v) is 12.2. The van der Waals surface area contributed by atoms with Crippen molar-refractivity contribution in [2.45, 2.75) is 32.7 Å². The summed E-state index contributed by atoms with van der Waals surface area (Å²) in [7, 11) is -3.18. The number of hydrogen-bond donors (Lipinski definition) is 1. The van der Waals surface area contributed by atoms with E-state index in [0.29, 0.717) is 12.1 Å². The molecular weight excluding hydrogens is 260 g/mol. The molecule has 0 unspecified atom stereocenters. The van der Waals surface area contributed by atoms with Gasteiger partial charge in [0.1, 0.15) is 0 Å². The zero-order valence-electron chi connectivity index (χ0n) is 11.4. The van der Waals surface area contributed by atoms with Gasteiger partial charge in [-0.1, -0.05) is 19.1 Å². The first-order chi connectivity index (χ1) is 9.09. The van der Waals surface area contributed by atoms with Crippen LogP contribution in [0.1, 0.15) is 31.7 Å². The van der Waals surface area contributed by atoms with E-state index in [1.807, 2.05) is 31.2 Å². The minimum atomic E-state index is -3.18. The molecule has 5 heteroatoms. The van der Waals surface area contributed by atoms with Crippen LogP contribution in [0.5, 0.6) is 0 Å². The van der Waals surface area contributed by atoms with E-state index in [1.54, 1.807) is 0 Å². The van der Waals surface area contributed by atoms with E-state index in [2.05, 4.69) is 9.62 Å². The Hall–Kier alpha value is -1.07. The lowest BCUT2D eigenvalue weighted by atomic mass is 10.2. The molecule has 19 heavy (non-hydrogen) atoms. The molecule has 1 N–H and O–H groups in total. The lowest BCUT2D eigenvalue weighted by Crippen LogP contribution is -2.18. The third-order valence-electron chi connectivity index (χ3n) is 3.31. The highest BCUT2D eigenvalue weighted by atomic mass is 32.2. The summed E-state index contributed by atoms with van der Waals surface area (Å²) in [4.78, 5) is 2.43. The molecule has 1 aromatic rings. The molecule has 0 aliphatic carbocycles. The van der Waals surface area contributed by atoms with Crippen LogP contribution in [0.3, 0.4) is 0 Å². The Morgan fingerprint density at radius 3 is 2.37 bits per heavy atom. The van der Waals surface area contributed by atoms with E-state index in [1.165, 1.54) is 31.5 Å². The van der Waals surface area contributed by atoms with Gasteiger partial charge in [-0.2, -0.15) is 0 Å². The molecule has 0 radical (unpaired) electrons. The first-order valence-electron chi connectivity index (χ1n) is 6.91. The van der Waals surface area contributed by atoms with Gasteiger partial charge in [0.2, 0.25) is 10.0 Å². The summed E-state index contributed by atoms with van der Waals surface area (Å²) in [6, 6.07) is 7.70. The topological polar surface area (TPSA) is 49.4 Å². The molecule has 1 saturated heterocycles. The largest absolute Gasteiger partial charge is 0.299 e. The highest BCUT2D eigenvalue weighted by Crippen LogP contribution is 2.16. The van der Waals surface area contributed by atoms with Crippen LogP contribution in [0, 0.1) is 0 Å². The number of benzene rings is 1. The SMILES string of the molecule is CCCS(=O)(=O)Nc1ccc(CN2CCCC2)cc1. The van der Waals surface area contributed by atoms with Crippen LogP contribution in [0.15, 0.2) is 24.3 Å². The van der Waals surface area contributed by atoms with Crippen LogP contribution in [0.25, 0.3) is 0 Å². The van der Waals surface area contributed by atoms with E-state index < -0.39 is 10.0 Å². The predicted octanol–water partition coefficient (Wildman–Crippen LogP) is 2.43. The van der Waals surface area contributed by atoms with E-state index in [9.17, 15) is 8.42 Å². The monoisotopic (exact) mass is 282 g/mol. The normalized spacial score (nSPS) is 16.7. The van der Waals surface area contributed by atoms with Crippen molar-refractivity contribution in [3.05, 3.63) is 29.8 Å². The maximum absolute atomic E-state index is 11.6. The molecular formula is C14H22N2O2S. The van der Waals surface area contributed by atoms with Crippen molar-refractivity contribution in [2.75, 3.05) is 23.6 Å². The number of rotatable bonds is 6. The summed E-state index contributed by atoms with van der Waals surface area (Å²) in [6.07, 6.45) is 3.20. The van der Waals surface area contributed by atoms with E-state index >= 15 is 0 Å². The van der Waals surface area contributed by atoms with Crippen molar-refractivity contribution in [1.29, 1.82) is 0 Å². The van der Waals surface area contributed by atoms with E-state index in [4.69, 9.17) is 0 Å². The summed E-state index contributed by atoms with van der Waals surface area (Å²) in [5.41, 5.74) is 1.89. The van der Waals surface area contributed by atoms with Gasteiger partial charge in [-0.25, -0.2) is 8.42 Å². The summed E-state index contributed by atoms with van der Waals surface area (Å²) in [6.45, 7) is 5.16. The third-order valence-corrected chi connectivity index (χ3v) is 4.80. The number of hydrogen-bond acceptors (Lipinski definition) is 3. The van der Waals surface area contributed by atoms with Crippen molar-refractivity contribution in [3.8, 4) is 0 Å². The fourth-order valence-electron chi connectivity index (χ4n) is 2.38. The van der Waals surface area contributed by atoms with Gasteiger partial charge in [0, 0.05) is 12.2 Å². The van der Waals surface area contributed by atoms with Crippen molar-refractivity contribution < 1.29 is 8.42 Å². The maximum Gasteiger partial charge on any atom is 0.232 e. The first-order valence-corrected chi connectivity index (χ1v) is 8.56. The van der Waals surface area contributed by atoms with Gasteiger partial charge in [0.25, 0.3) is 0 Å². The lowest BCUT2D eigenvalue weighted by Gasteiger charge is -2.15. The smallest absolute Gasteiger partial charge is 0.232 e. The number of sulfonamides is 1. The Morgan fingerprint density at radius 1 is 1.16 bits per heavy atom. The molecule has 106 valence electrons. The fraction of sp³-hybridized carbons (Fsp3) is 0.571. The molecule has 1 heterocycles. The van der Waals surface area contributed by atoms with Crippen molar-refractivity contribution >= 4 is 15.7 Å². The van der Waals surface area contributed by atoms with Crippen molar-refractivity contribution in [1.82, 2.24) is 4.90 Å². The van der Waals surface area contributed by atoms with E-state index in [0.717, 1.165) is 6.54 Å². The average molecular weight is 282 g/mol. The van der Waals surface area contributed by atoms with Crippen LogP contribution in [-0.4, -0.2) is 32.2 Å². The summed E-state index contributed by atoms with van der Waals surface area (Å²) in [5.74, 6) is 0.169. The molecule has 4 nitrogen and oxygen atoms in total. The highest BCUT2D eigenvalue weighted by molar-refractivity contribution is 7.92. The Balaban J connectivity index is 1.94. The molecule has 0 spiro atoms. The number of anilines is 1. The molecule has 0 saturated carbocycles. The van der Waals surface area contributed by atoms with Crippen LogP contribution in [0.2, 0.25) is 0 Å². The fourth-order valence-corrected chi connectivity index (χ4v) is 3.51. The quantitative estimate of drug-likeness (QED) is 0.872. The minimum Gasteiger partial charge on any atom is -0.299 e. The minimum absolute atomic E-state index is 0.169. The summed E-state index contributed by atoms with van der Waals surface area (Å²) in [5, 5.41) is 0. The molecule has 0 aromatic heterocycles. The maximum atomic E-state index is 11.6. The van der Waals surface area contributed by atoms with Crippen molar-refractivity contribution in [2.24, 2.45) is 0 Å². The molecule has 0 bridgehead atoms. The second-order valence-corrected chi connectivity index (χ2v) is 6.94. The van der Waals surface area contributed by atoms with Crippen LogP contribution in [0.4, 0.5) is 5.69 Å². The first kappa shape index (κ1) is 14.3. The Morgan fingerprint density at radius 2 is 1.79 bits per heavy atom. The van der Waals surface area contributed by atoms with Gasteiger partial charge in [0.05, 0.1) is 5.75 Å². The van der Waals surface area contributed by atoms with Gasteiger partial charge in [0.15, 0.2) is 0 Å². The van der Waals surface area contributed by atoms with Crippen molar-refractivity contribution in [3.63, 3.8) is 0 Å². The second-order valence-electron chi connectivity index (χ2n) is 5.10. The molecule has 1 aliphatic heterocycles. The Labute approximate surface area is 115 Å². The zero-order chi connectivity index (χ0) is 13.7. The van der Waals surface area contributed by atoms with Crippen LogP contribution < -0.4 is 4.72 Å². The molecule has 1 aromatic carbocycles. The number of likely N-dealkylation sites (tertiary alicyclic amines) is 1. The van der Waals surface area contributed by atoms with Gasteiger partial charge in [-0.15, -0.1) is 0 Å². The van der Waals surface area contributed by atoms with Crippen LogP contribution in [-0.2, 0) is 16.6 Å². The lowest BCUT2D eigenvalue weighted by molar-refractivity contribution is 0.331. The third kappa shape index (κ3) is 4.51. The average Bonchev–Trinajstić information content (AvgIpc) is 2.84. The molecule has 1 fully saturated rings. The predicted molar refractivity (Wildman–Crippen MR) is 78.7 cm³/mol. The highest BCUT2D eigenvalue weighted by Gasteiger charge is 2.12. The summed E-state index contributed by atoms with van der Waals surface area (Å²) >= 11 is 0. The number of nitrogens with one attached hydrogen (secondary N) is 1. The Bertz CT molecular complexity index is 491. The second kappa shape index (κ2) is 6.39. The molecule has 0 atom stereocenters. The van der Waals surface area contributed by atoms with Crippen LogP contribution >= 0.6 is 0 Å². The Kier molecular flexibility index (Phi) is 4.82. The summed E-state index contributed by atoms with van der Waals surface area (Å²) < 4.78 is 25.9. The van der Waals surface area contributed by atoms with Gasteiger partial charge < -0.3 is 0 Å². The van der Waals surface area contributed by atoms with Gasteiger partial charge in [-0.05, 0) is 50.0 Å².